The summed E-state index contributed by atoms with van der Waals surface area (Å²) in [4.78, 5) is 11.9. The number of amides is 1. The third-order valence-electron chi connectivity index (χ3n) is 4.96. The lowest BCUT2D eigenvalue weighted by molar-refractivity contribution is -0.116. The fourth-order valence-corrected chi connectivity index (χ4v) is 3.45. The second-order valence-corrected chi connectivity index (χ2v) is 6.62. The van der Waals surface area contributed by atoms with Crippen molar-refractivity contribution in [2.75, 3.05) is 28.4 Å². The molecule has 0 saturated heterocycles. The summed E-state index contributed by atoms with van der Waals surface area (Å²) in [5, 5.41) is 3.51. The molecule has 3 rings (SSSR count). The largest absolute Gasteiger partial charge is 0.497 e. The Morgan fingerprint density at radius 2 is 1.83 bits per heavy atom. The number of allylic oxidation sites excluding steroid dienone is 1. The molecule has 0 aliphatic rings. The Morgan fingerprint density at radius 1 is 1.07 bits per heavy atom. The molecule has 6 nitrogen and oxygen atoms in total. The number of carbonyl (C=O) groups is 1. The average Bonchev–Trinajstić information content (AvgIpc) is 3.17. The van der Waals surface area contributed by atoms with Crippen molar-refractivity contribution < 1.29 is 23.4 Å². The zero-order valence-corrected chi connectivity index (χ0v) is 17.5. The van der Waals surface area contributed by atoms with Gasteiger partial charge in [-0.1, -0.05) is 0 Å². The molecule has 0 saturated carbocycles. The van der Waals surface area contributed by atoms with Gasteiger partial charge in [0.25, 0.3) is 0 Å². The van der Waals surface area contributed by atoms with Crippen LogP contribution in [0.4, 0.5) is 0 Å². The molecule has 1 heterocycles. The quantitative estimate of drug-likeness (QED) is 0.619. The first kappa shape index (κ1) is 20.3. The number of furan rings is 1. The van der Waals surface area contributed by atoms with E-state index in [9.17, 15) is 4.79 Å². The number of rotatable bonds is 6. The van der Waals surface area contributed by atoms with Crippen LogP contribution in [0.5, 0.6) is 17.2 Å². The predicted octanol–water partition coefficient (Wildman–Crippen LogP) is 4.58. The number of nitrogens with one attached hydrogen (secondary N) is 1. The molecule has 1 N–H and O–H groups in total. The first-order valence-corrected chi connectivity index (χ1v) is 9.16. The van der Waals surface area contributed by atoms with Crippen molar-refractivity contribution in [3.63, 3.8) is 0 Å². The van der Waals surface area contributed by atoms with Gasteiger partial charge in [-0.05, 0) is 43.7 Å². The standard InChI is InChI=1S/C23H25NO5/c1-13(9-21(25)24-3)16-11-18-19(12-29-23(18)14(2)22(16)28-6)17-10-15(26-4)7-8-20(17)27-5/h7-12H,1-6H3,(H,24,25)/b13-9+. The molecule has 152 valence electrons. The molecule has 29 heavy (non-hydrogen) atoms. The van der Waals surface area contributed by atoms with Crippen LogP contribution in [0.25, 0.3) is 27.7 Å². The Balaban J connectivity index is 2.31. The van der Waals surface area contributed by atoms with Crippen LogP contribution in [-0.2, 0) is 4.79 Å². The number of fused-ring (bicyclic) bond motifs is 1. The zero-order chi connectivity index (χ0) is 21.1. The molecule has 6 heteroatoms. The maximum absolute atomic E-state index is 11.9. The van der Waals surface area contributed by atoms with E-state index >= 15 is 0 Å². The van der Waals surface area contributed by atoms with Crippen LogP contribution < -0.4 is 19.5 Å². The van der Waals surface area contributed by atoms with Crippen molar-refractivity contribution in [2.24, 2.45) is 0 Å². The summed E-state index contributed by atoms with van der Waals surface area (Å²) >= 11 is 0. The summed E-state index contributed by atoms with van der Waals surface area (Å²) in [5.41, 5.74) is 4.92. The molecule has 3 aromatic rings. The topological polar surface area (TPSA) is 69.9 Å². The number of hydrogen-bond donors (Lipinski definition) is 1. The van der Waals surface area contributed by atoms with Crippen LogP contribution in [0.3, 0.4) is 0 Å². The smallest absolute Gasteiger partial charge is 0.244 e. The number of methoxy groups -OCH3 is 3. The second kappa shape index (κ2) is 8.31. The van der Waals surface area contributed by atoms with E-state index in [2.05, 4.69) is 5.32 Å². The zero-order valence-electron chi connectivity index (χ0n) is 17.5. The van der Waals surface area contributed by atoms with Gasteiger partial charge in [0.05, 0.1) is 27.6 Å². The van der Waals surface area contributed by atoms with Crippen LogP contribution in [0, 0.1) is 6.92 Å². The molecule has 1 aromatic heterocycles. The number of benzene rings is 2. The highest BCUT2D eigenvalue weighted by Gasteiger charge is 2.20. The number of hydrogen-bond acceptors (Lipinski definition) is 5. The third kappa shape index (κ3) is 3.66. The van der Waals surface area contributed by atoms with E-state index in [1.807, 2.05) is 38.1 Å². The van der Waals surface area contributed by atoms with Gasteiger partial charge in [0.2, 0.25) is 5.91 Å². The van der Waals surface area contributed by atoms with Crippen molar-refractivity contribution in [1.82, 2.24) is 5.32 Å². The minimum Gasteiger partial charge on any atom is -0.497 e. The maximum Gasteiger partial charge on any atom is 0.244 e. The minimum atomic E-state index is -0.177. The Morgan fingerprint density at radius 3 is 2.45 bits per heavy atom. The van der Waals surface area contributed by atoms with Crippen LogP contribution >= 0.6 is 0 Å². The first-order chi connectivity index (χ1) is 13.9. The molecule has 1 amide bonds. The Labute approximate surface area is 170 Å². The van der Waals surface area contributed by atoms with E-state index in [4.69, 9.17) is 18.6 Å². The van der Waals surface area contributed by atoms with Gasteiger partial charge >= 0.3 is 0 Å². The SMILES string of the molecule is CNC(=O)/C=C(\C)c1cc2c(-c3cc(OC)ccc3OC)coc2c(C)c1OC. The summed E-state index contributed by atoms with van der Waals surface area (Å²) in [7, 11) is 6.46. The van der Waals surface area contributed by atoms with Crippen LogP contribution in [-0.4, -0.2) is 34.3 Å². The van der Waals surface area contributed by atoms with Crippen LogP contribution in [0.15, 0.2) is 41.0 Å². The molecule has 0 fully saturated rings. The van der Waals surface area contributed by atoms with Crippen molar-refractivity contribution in [1.29, 1.82) is 0 Å². The number of aryl methyl sites for hydroxylation is 1. The van der Waals surface area contributed by atoms with Gasteiger partial charge in [0, 0.05) is 40.8 Å². The maximum atomic E-state index is 11.9. The van der Waals surface area contributed by atoms with Gasteiger partial charge in [-0.25, -0.2) is 0 Å². The molecular weight excluding hydrogens is 370 g/mol. The molecule has 2 aromatic carbocycles. The van der Waals surface area contributed by atoms with Crippen LogP contribution in [0.1, 0.15) is 18.1 Å². The van der Waals surface area contributed by atoms with Gasteiger partial charge < -0.3 is 23.9 Å². The fraction of sp³-hybridized carbons (Fsp3) is 0.261. The predicted molar refractivity (Wildman–Crippen MR) is 114 cm³/mol. The van der Waals surface area contributed by atoms with Crippen LogP contribution in [0.2, 0.25) is 0 Å². The van der Waals surface area contributed by atoms with Gasteiger partial charge in [-0.2, -0.15) is 0 Å². The van der Waals surface area contributed by atoms with E-state index in [0.717, 1.165) is 44.5 Å². The fourth-order valence-electron chi connectivity index (χ4n) is 3.45. The lowest BCUT2D eigenvalue weighted by Crippen LogP contribution is -2.14. The first-order valence-electron chi connectivity index (χ1n) is 9.16. The Bertz CT molecular complexity index is 1090. The highest BCUT2D eigenvalue weighted by atomic mass is 16.5. The average molecular weight is 395 g/mol. The van der Waals surface area contributed by atoms with E-state index in [0.29, 0.717) is 11.5 Å². The van der Waals surface area contributed by atoms with Crippen molar-refractivity contribution in [2.45, 2.75) is 13.8 Å². The third-order valence-corrected chi connectivity index (χ3v) is 4.96. The summed E-state index contributed by atoms with van der Waals surface area (Å²) in [6.07, 6.45) is 3.25. The van der Waals surface area contributed by atoms with E-state index in [-0.39, 0.29) is 5.91 Å². The molecular formula is C23H25NO5. The molecule has 0 aliphatic heterocycles. The summed E-state index contributed by atoms with van der Waals surface area (Å²) in [6.45, 7) is 3.82. The number of likely N-dealkylation sites (N-methyl/N-ethyl adjacent to an activating group) is 1. The summed E-state index contributed by atoms with van der Waals surface area (Å²) in [5.74, 6) is 1.93. The second-order valence-electron chi connectivity index (χ2n) is 6.62. The number of carbonyl (C=O) groups excluding carboxylic acids is 1. The van der Waals surface area contributed by atoms with Crippen molar-refractivity contribution >= 4 is 22.4 Å². The van der Waals surface area contributed by atoms with E-state index < -0.39 is 0 Å². The van der Waals surface area contributed by atoms with Gasteiger partial charge in [0.15, 0.2) is 0 Å². The normalized spacial score (nSPS) is 11.4. The molecule has 0 radical (unpaired) electrons. The van der Waals surface area contributed by atoms with Gasteiger partial charge in [-0.15, -0.1) is 0 Å². The molecule has 0 unspecified atom stereocenters. The van der Waals surface area contributed by atoms with Crippen molar-refractivity contribution in [3.05, 3.63) is 47.7 Å². The van der Waals surface area contributed by atoms with Gasteiger partial charge in [0.1, 0.15) is 22.8 Å². The molecule has 0 bridgehead atoms. The monoisotopic (exact) mass is 395 g/mol. The highest BCUT2D eigenvalue weighted by molar-refractivity contribution is 6.02. The molecule has 0 atom stereocenters. The van der Waals surface area contributed by atoms with Crippen molar-refractivity contribution in [3.8, 4) is 28.4 Å². The Hall–Kier alpha value is -3.41. The van der Waals surface area contributed by atoms with E-state index in [1.165, 1.54) is 0 Å². The molecule has 0 spiro atoms. The molecule has 0 aliphatic carbocycles. The van der Waals surface area contributed by atoms with E-state index in [1.54, 1.807) is 40.7 Å². The minimum absolute atomic E-state index is 0.177. The highest BCUT2D eigenvalue weighted by Crippen LogP contribution is 2.43. The summed E-state index contributed by atoms with van der Waals surface area (Å²) < 4.78 is 22.5. The summed E-state index contributed by atoms with van der Waals surface area (Å²) in [6, 6.07) is 7.60. The Kier molecular flexibility index (Phi) is 5.82. The lowest BCUT2D eigenvalue weighted by atomic mass is 9.96. The lowest BCUT2D eigenvalue weighted by Gasteiger charge is -2.14. The number of ether oxygens (including phenoxy) is 3. The van der Waals surface area contributed by atoms with Gasteiger partial charge in [-0.3, -0.25) is 4.79 Å².